The van der Waals surface area contributed by atoms with Crippen molar-refractivity contribution in [1.29, 1.82) is 0 Å². The third-order valence-electron chi connectivity index (χ3n) is 6.38. The van der Waals surface area contributed by atoms with Crippen molar-refractivity contribution in [3.05, 3.63) is 35.9 Å². The number of amides is 1. The number of hydrogen-bond donors (Lipinski definition) is 1. The quantitative estimate of drug-likeness (QED) is 0.873. The van der Waals surface area contributed by atoms with Gasteiger partial charge in [0.25, 0.3) is 0 Å². The summed E-state index contributed by atoms with van der Waals surface area (Å²) in [5, 5.41) is 3.23. The fourth-order valence-electron chi connectivity index (χ4n) is 5.96. The fraction of sp³-hybridized carbons (Fsp3) is 0.650. The van der Waals surface area contributed by atoms with Crippen LogP contribution < -0.4 is 5.32 Å². The second-order valence-corrected chi connectivity index (χ2v) is 8.29. The van der Waals surface area contributed by atoms with Gasteiger partial charge in [-0.15, -0.1) is 0 Å². The number of benzene rings is 1. The van der Waals surface area contributed by atoms with E-state index < -0.39 is 0 Å². The van der Waals surface area contributed by atoms with E-state index in [2.05, 4.69) is 24.4 Å². The van der Waals surface area contributed by atoms with Crippen molar-refractivity contribution in [2.24, 2.45) is 23.2 Å². The third-order valence-corrected chi connectivity index (χ3v) is 6.38. The fourth-order valence-corrected chi connectivity index (χ4v) is 5.96. The Morgan fingerprint density at radius 2 is 1.64 bits per heavy atom. The normalized spacial score (nSPS) is 37.0. The van der Waals surface area contributed by atoms with Crippen LogP contribution in [0.5, 0.6) is 0 Å². The van der Waals surface area contributed by atoms with Crippen LogP contribution in [0.1, 0.15) is 63.5 Å². The minimum absolute atomic E-state index is 0.114. The van der Waals surface area contributed by atoms with E-state index in [1.54, 1.807) is 0 Å². The van der Waals surface area contributed by atoms with Gasteiger partial charge >= 0.3 is 0 Å². The minimum atomic E-state index is 0.114. The van der Waals surface area contributed by atoms with Crippen molar-refractivity contribution in [2.45, 2.75) is 57.9 Å². The van der Waals surface area contributed by atoms with Gasteiger partial charge in [0.1, 0.15) is 0 Å². The minimum Gasteiger partial charge on any atom is -0.350 e. The Balaban J connectivity index is 1.40. The molecule has 1 amide bonds. The SMILES string of the molecule is CC(NC(=O)CC12CC3CC(CC(C3)C1)C2)c1ccccc1. The van der Waals surface area contributed by atoms with Crippen LogP contribution in [0.3, 0.4) is 0 Å². The Hall–Kier alpha value is -1.31. The van der Waals surface area contributed by atoms with Crippen molar-refractivity contribution < 1.29 is 4.79 Å². The number of hydrogen-bond acceptors (Lipinski definition) is 1. The molecule has 4 saturated carbocycles. The molecule has 4 aliphatic carbocycles. The molecule has 5 rings (SSSR count). The summed E-state index contributed by atoms with van der Waals surface area (Å²) in [7, 11) is 0. The van der Waals surface area contributed by atoms with Gasteiger partial charge in [-0.05, 0) is 74.2 Å². The highest BCUT2D eigenvalue weighted by molar-refractivity contribution is 5.77. The van der Waals surface area contributed by atoms with Crippen molar-refractivity contribution >= 4 is 5.91 Å². The molecule has 1 aromatic carbocycles. The summed E-state index contributed by atoms with van der Waals surface area (Å²) < 4.78 is 0. The zero-order valence-corrected chi connectivity index (χ0v) is 13.6. The summed E-state index contributed by atoms with van der Waals surface area (Å²) in [4.78, 5) is 12.6. The van der Waals surface area contributed by atoms with E-state index in [0.29, 0.717) is 5.41 Å². The summed E-state index contributed by atoms with van der Waals surface area (Å²) in [5.74, 6) is 3.03. The zero-order valence-electron chi connectivity index (χ0n) is 13.6. The van der Waals surface area contributed by atoms with E-state index in [9.17, 15) is 4.79 Å². The summed E-state index contributed by atoms with van der Waals surface area (Å²) in [6.07, 6.45) is 9.03. The van der Waals surface area contributed by atoms with Gasteiger partial charge in [0, 0.05) is 6.42 Å². The van der Waals surface area contributed by atoms with E-state index in [1.165, 1.54) is 44.1 Å². The molecule has 2 nitrogen and oxygen atoms in total. The maximum absolute atomic E-state index is 12.6. The maximum Gasteiger partial charge on any atom is 0.221 e. The molecule has 4 fully saturated rings. The van der Waals surface area contributed by atoms with E-state index in [0.717, 1.165) is 24.2 Å². The second kappa shape index (κ2) is 5.40. The lowest BCUT2D eigenvalue weighted by Crippen LogP contribution is -2.48. The van der Waals surface area contributed by atoms with Crippen LogP contribution in [0.25, 0.3) is 0 Å². The van der Waals surface area contributed by atoms with Crippen molar-refractivity contribution in [1.82, 2.24) is 5.32 Å². The van der Waals surface area contributed by atoms with Gasteiger partial charge in [0.15, 0.2) is 0 Å². The Labute approximate surface area is 133 Å². The van der Waals surface area contributed by atoms with Crippen molar-refractivity contribution in [3.63, 3.8) is 0 Å². The molecule has 0 spiro atoms. The molecule has 0 radical (unpaired) electrons. The summed E-state index contributed by atoms with van der Waals surface area (Å²) >= 11 is 0. The molecule has 0 aliphatic heterocycles. The molecular weight excluding hydrogens is 270 g/mol. The van der Waals surface area contributed by atoms with E-state index >= 15 is 0 Å². The first kappa shape index (κ1) is 14.3. The van der Waals surface area contributed by atoms with Gasteiger partial charge in [-0.1, -0.05) is 30.3 Å². The predicted molar refractivity (Wildman–Crippen MR) is 88.2 cm³/mol. The van der Waals surface area contributed by atoms with Gasteiger partial charge in [-0.3, -0.25) is 4.79 Å². The lowest BCUT2D eigenvalue weighted by Gasteiger charge is -2.56. The largest absolute Gasteiger partial charge is 0.350 e. The number of carbonyl (C=O) groups excluding carboxylic acids is 1. The molecule has 1 aromatic rings. The van der Waals surface area contributed by atoms with Gasteiger partial charge in [-0.2, -0.15) is 0 Å². The first-order chi connectivity index (χ1) is 10.6. The molecule has 1 unspecified atom stereocenters. The third kappa shape index (κ3) is 2.68. The van der Waals surface area contributed by atoms with E-state index in [1.807, 2.05) is 18.2 Å². The van der Waals surface area contributed by atoms with Crippen LogP contribution in [-0.4, -0.2) is 5.91 Å². The molecular formula is C20H27NO. The van der Waals surface area contributed by atoms with Crippen LogP contribution in [0.4, 0.5) is 0 Å². The highest BCUT2D eigenvalue weighted by atomic mass is 16.1. The van der Waals surface area contributed by atoms with Gasteiger partial charge < -0.3 is 5.32 Å². The molecule has 1 atom stereocenters. The average Bonchev–Trinajstić information content (AvgIpc) is 2.45. The average molecular weight is 297 g/mol. The molecule has 0 heterocycles. The Bertz CT molecular complexity index is 515. The number of rotatable bonds is 4. The van der Waals surface area contributed by atoms with Crippen LogP contribution >= 0.6 is 0 Å². The molecule has 1 N–H and O–H groups in total. The van der Waals surface area contributed by atoms with Crippen LogP contribution in [0.15, 0.2) is 30.3 Å². The monoisotopic (exact) mass is 297 g/mol. The van der Waals surface area contributed by atoms with Crippen LogP contribution in [-0.2, 0) is 4.79 Å². The molecule has 4 bridgehead atoms. The Morgan fingerprint density at radius 3 is 2.18 bits per heavy atom. The van der Waals surface area contributed by atoms with Gasteiger partial charge in [-0.25, -0.2) is 0 Å². The van der Waals surface area contributed by atoms with Crippen molar-refractivity contribution in [2.75, 3.05) is 0 Å². The summed E-state index contributed by atoms with van der Waals surface area (Å²) in [5.41, 5.74) is 1.54. The van der Waals surface area contributed by atoms with Gasteiger partial charge in [0.05, 0.1) is 6.04 Å². The maximum atomic E-state index is 12.6. The van der Waals surface area contributed by atoms with E-state index in [-0.39, 0.29) is 11.9 Å². The highest BCUT2D eigenvalue weighted by Crippen LogP contribution is 2.61. The zero-order chi connectivity index (χ0) is 15.2. The van der Waals surface area contributed by atoms with E-state index in [4.69, 9.17) is 0 Å². The lowest BCUT2D eigenvalue weighted by atomic mass is 9.49. The first-order valence-corrected chi connectivity index (χ1v) is 8.96. The van der Waals surface area contributed by atoms with Crippen LogP contribution in [0.2, 0.25) is 0 Å². The summed E-state index contributed by atoms with van der Waals surface area (Å²) in [6.45, 7) is 2.09. The first-order valence-electron chi connectivity index (χ1n) is 8.96. The van der Waals surface area contributed by atoms with Gasteiger partial charge in [0.2, 0.25) is 5.91 Å². The lowest BCUT2D eigenvalue weighted by molar-refractivity contribution is -0.130. The summed E-state index contributed by atoms with van der Waals surface area (Å²) in [6, 6.07) is 10.4. The highest BCUT2D eigenvalue weighted by Gasteiger charge is 2.51. The Kier molecular flexibility index (Phi) is 3.51. The molecule has 4 aliphatic rings. The smallest absolute Gasteiger partial charge is 0.221 e. The molecule has 0 saturated heterocycles. The molecule has 118 valence electrons. The molecule has 2 heteroatoms. The number of carbonyl (C=O) groups is 1. The topological polar surface area (TPSA) is 29.1 Å². The second-order valence-electron chi connectivity index (χ2n) is 8.29. The Morgan fingerprint density at radius 1 is 1.09 bits per heavy atom. The van der Waals surface area contributed by atoms with Crippen LogP contribution in [0, 0.1) is 23.2 Å². The predicted octanol–water partition coefficient (Wildman–Crippen LogP) is 4.47. The number of nitrogens with one attached hydrogen (secondary N) is 1. The standard InChI is InChI=1S/C20H27NO/c1-14(18-5-3-2-4-6-18)21-19(22)13-20-10-15-7-16(11-20)9-17(8-15)12-20/h2-6,14-17H,7-13H2,1H3,(H,21,22). The molecule has 0 aromatic heterocycles. The molecule has 22 heavy (non-hydrogen) atoms. The van der Waals surface area contributed by atoms with Crippen molar-refractivity contribution in [3.8, 4) is 0 Å².